The highest BCUT2D eigenvalue weighted by molar-refractivity contribution is 6.15. The van der Waals surface area contributed by atoms with Crippen molar-refractivity contribution in [2.45, 2.75) is 13.8 Å². The van der Waals surface area contributed by atoms with E-state index in [1.807, 2.05) is 9.80 Å². The van der Waals surface area contributed by atoms with Crippen molar-refractivity contribution in [3.63, 3.8) is 0 Å². The summed E-state index contributed by atoms with van der Waals surface area (Å²) < 4.78 is 0. The Labute approximate surface area is 210 Å². The summed E-state index contributed by atoms with van der Waals surface area (Å²) in [7, 11) is 0. The lowest BCUT2D eigenvalue weighted by Gasteiger charge is -2.37. The molecule has 0 N–H and O–H groups in total. The van der Waals surface area contributed by atoms with E-state index in [0.29, 0.717) is 48.7 Å². The topological polar surface area (TPSA) is 116 Å². The Morgan fingerprint density at radius 1 is 0.694 bits per heavy atom. The first-order chi connectivity index (χ1) is 17.3. The van der Waals surface area contributed by atoms with Gasteiger partial charge in [0, 0.05) is 87.8 Å². The lowest BCUT2D eigenvalue weighted by Crippen LogP contribution is -2.47. The van der Waals surface area contributed by atoms with Gasteiger partial charge in [-0.15, -0.1) is 0 Å². The number of benzene rings is 2. The number of nitrogens with zero attached hydrogens (tertiary/aromatic N) is 6. The molecule has 0 unspecified atom stereocenters. The van der Waals surface area contributed by atoms with Crippen LogP contribution in [-0.2, 0) is 0 Å². The van der Waals surface area contributed by atoms with E-state index in [1.165, 1.54) is 36.4 Å². The lowest BCUT2D eigenvalue weighted by molar-refractivity contribution is -0.385. The summed E-state index contributed by atoms with van der Waals surface area (Å²) in [6.45, 7) is 11.9. The second kappa shape index (κ2) is 11.0. The maximum absolute atomic E-state index is 14.0. The lowest BCUT2D eigenvalue weighted by atomic mass is 9.97. The third-order valence-corrected chi connectivity index (χ3v) is 7.19. The SMILES string of the molecule is CCN1CCN(c2cc([N+](=O)[O-])ccc2C(=O)c2ccc([N+](=O)[O-])cc2N2CCN(CC)CC2)CC1. The van der Waals surface area contributed by atoms with Gasteiger partial charge in [-0.2, -0.15) is 0 Å². The molecule has 11 heteroatoms. The van der Waals surface area contributed by atoms with Crippen LogP contribution in [0.1, 0.15) is 29.8 Å². The van der Waals surface area contributed by atoms with Gasteiger partial charge in [0.1, 0.15) is 0 Å². The fourth-order valence-electron chi connectivity index (χ4n) is 4.93. The van der Waals surface area contributed by atoms with Crippen LogP contribution in [0.25, 0.3) is 0 Å². The minimum absolute atomic E-state index is 0.0703. The van der Waals surface area contributed by atoms with Crippen molar-refractivity contribution in [3.8, 4) is 0 Å². The Bertz CT molecular complexity index is 1050. The van der Waals surface area contributed by atoms with E-state index >= 15 is 0 Å². The third kappa shape index (κ3) is 5.31. The van der Waals surface area contributed by atoms with Gasteiger partial charge in [-0.1, -0.05) is 13.8 Å². The normalized spacial score (nSPS) is 17.3. The molecule has 0 aromatic heterocycles. The molecule has 0 spiro atoms. The molecule has 0 bridgehead atoms. The summed E-state index contributed by atoms with van der Waals surface area (Å²) in [6.07, 6.45) is 0. The molecule has 2 aromatic rings. The molecule has 4 rings (SSSR count). The van der Waals surface area contributed by atoms with E-state index in [1.54, 1.807) is 0 Å². The van der Waals surface area contributed by atoms with Gasteiger partial charge >= 0.3 is 0 Å². The zero-order valence-corrected chi connectivity index (χ0v) is 20.8. The van der Waals surface area contributed by atoms with Gasteiger partial charge in [0.25, 0.3) is 11.4 Å². The third-order valence-electron chi connectivity index (χ3n) is 7.19. The number of hydrogen-bond donors (Lipinski definition) is 0. The molecule has 0 amide bonds. The average Bonchev–Trinajstić information content (AvgIpc) is 2.92. The van der Waals surface area contributed by atoms with Crippen molar-refractivity contribution in [2.75, 3.05) is 75.2 Å². The van der Waals surface area contributed by atoms with Crippen LogP contribution in [0.3, 0.4) is 0 Å². The molecular formula is C25H32N6O5. The summed E-state index contributed by atoms with van der Waals surface area (Å²) >= 11 is 0. The second-order valence-corrected chi connectivity index (χ2v) is 9.09. The van der Waals surface area contributed by atoms with E-state index in [-0.39, 0.29) is 17.2 Å². The molecule has 2 saturated heterocycles. The maximum Gasteiger partial charge on any atom is 0.271 e. The van der Waals surface area contributed by atoms with Gasteiger partial charge in [-0.3, -0.25) is 25.0 Å². The number of non-ortho nitro benzene ring substituents is 2. The fraction of sp³-hybridized carbons (Fsp3) is 0.480. The molecule has 0 radical (unpaired) electrons. The highest BCUT2D eigenvalue weighted by Gasteiger charge is 2.28. The Balaban J connectivity index is 1.74. The zero-order valence-electron chi connectivity index (χ0n) is 20.8. The van der Waals surface area contributed by atoms with Gasteiger partial charge < -0.3 is 19.6 Å². The molecule has 0 aliphatic carbocycles. The number of rotatable bonds is 8. The molecule has 2 aliphatic heterocycles. The number of anilines is 2. The number of piperazine rings is 2. The summed E-state index contributed by atoms with van der Waals surface area (Å²) in [5.74, 6) is -0.291. The summed E-state index contributed by atoms with van der Waals surface area (Å²) in [5.41, 5.74) is 1.66. The number of nitro benzene ring substituents is 2. The summed E-state index contributed by atoms with van der Waals surface area (Å²) in [5, 5.41) is 23.0. The second-order valence-electron chi connectivity index (χ2n) is 9.09. The molecule has 192 valence electrons. The molecule has 2 aliphatic rings. The van der Waals surface area contributed by atoms with Gasteiger partial charge in [0.2, 0.25) is 0 Å². The predicted octanol–water partition coefficient (Wildman–Crippen LogP) is 3.02. The smallest absolute Gasteiger partial charge is 0.271 e. The van der Waals surface area contributed by atoms with E-state index in [2.05, 4.69) is 23.6 Å². The minimum Gasteiger partial charge on any atom is -0.368 e. The molecule has 2 aromatic carbocycles. The standard InChI is InChI=1S/C25H32N6O5/c1-3-26-9-13-28(14-10-26)23-17-19(30(33)34)5-7-21(23)25(32)22-8-6-20(31(35)36)18-24(22)29-15-11-27(4-2)12-16-29/h5-8,17-18H,3-4,9-16H2,1-2H3. The number of likely N-dealkylation sites (N-methyl/N-ethyl adjacent to an activating group) is 2. The van der Waals surface area contributed by atoms with Crippen LogP contribution in [0.4, 0.5) is 22.7 Å². The molecule has 2 heterocycles. The molecule has 2 fully saturated rings. The minimum atomic E-state index is -0.454. The van der Waals surface area contributed by atoms with Crippen molar-refractivity contribution in [1.82, 2.24) is 9.80 Å². The van der Waals surface area contributed by atoms with E-state index in [9.17, 15) is 25.0 Å². The van der Waals surface area contributed by atoms with Gasteiger partial charge in [0.15, 0.2) is 5.78 Å². The number of ketones is 1. The summed E-state index contributed by atoms with van der Waals surface area (Å²) in [6, 6.07) is 8.68. The zero-order chi connectivity index (χ0) is 25.8. The van der Waals surface area contributed by atoms with Crippen LogP contribution in [-0.4, -0.2) is 90.9 Å². The first kappa shape index (κ1) is 25.5. The number of nitro groups is 2. The Morgan fingerprint density at radius 2 is 1.06 bits per heavy atom. The Morgan fingerprint density at radius 3 is 1.36 bits per heavy atom. The first-order valence-corrected chi connectivity index (χ1v) is 12.4. The number of hydrogen-bond acceptors (Lipinski definition) is 9. The van der Waals surface area contributed by atoms with Crippen molar-refractivity contribution in [1.29, 1.82) is 0 Å². The first-order valence-electron chi connectivity index (χ1n) is 12.4. The largest absolute Gasteiger partial charge is 0.368 e. The van der Waals surface area contributed by atoms with Crippen molar-refractivity contribution in [2.24, 2.45) is 0 Å². The van der Waals surface area contributed by atoms with Crippen LogP contribution in [0.15, 0.2) is 36.4 Å². The van der Waals surface area contributed by atoms with Crippen molar-refractivity contribution in [3.05, 3.63) is 67.8 Å². The highest BCUT2D eigenvalue weighted by Crippen LogP contribution is 2.34. The van der Waals surface area contributed by atoms with E-state index in [0.717, 1.165) is 39.3 Å². The maximum atomic E-state index is 14.0. The van der Waals surface area contributed by atoms with Gasteiger partial charge in [-0.05, 0) is 25.2 Å². The Kier molecular flexibility index (Phi) is 7.80. The number of carbonyl (C=O) groups excluding carboxylic acids is 1. The molecular weight excluding hydrogens is 464 g/mol. The Hall–Kier alpha value is -3.57. The molecule has 11 nitrogen and oxygen atoms in total. The molecule has 36 heavy (non-hydrogen) atoms. The van der Waals surface area contributed by atoms with Crippen LogP contribution < -0.4 is 9.80 Å². The van der Waals surface area contributed by atoms with E-state index < -0.39 is 9.85 Å². The van der Waals surface area contributed by atoms with Gasteiger partial charge in [-0.25, -0.2) is 0 Å². The van der Waals surface area contributed by atoms with Crippen LogP contribution in [0.5, 0.6) is 0 Å². The molecule has 0 saturated carbocycles. The van der Waals surface area contributed by atoms with E-state index in [4.69, 9.17) is 0 Å². The monoisotopic (exact) mass is 496 g/mol. The predicted molar refractivity (Wildman–Crippen MR) is 138 cm³/mol. The quantitative estimate of drug-likeness (QED) is 0.309. The van der Waals surface area contributed by atoms with Crippen molar-refractivity contribution < 1.29 is 14.6 Å². The average molecular weight is 497 g/mol. The highest BCUT2D eigenvalue weighted by atomic mass is 16.6. The summed E-state index contributed by atoms with van der Waals surface area (Å²) in [4.78, 5) is 44.7. The van der Waals surface area contributed by atoms with Gasteiger partial charge in [0.05, 0.1) is 21.2 Å². The number of carbonyl (C=O) groups is 1. The van der Waals surface area contributed by atoms with Crippen molar-refractivity contribution >= 4 is 28.5 Å². The van der Waals surface area contributed by atoms with Crippen LogP contribution >= 0.6 is 0 Å². The fourth-order valence-corrected chi connectivity index (χ4v) is 4.93. The van der Waals surface area contributed by atoms with Crippen LogP contribution in [0, 0.1) is 20.2 Å². The van der Waals surface area contributed by atoms with Crippen LogP contribution in [0.2, 0.25) is 0 Å². The molecule has 0 atom stereocenters.